The van der Waals surface area contributed by atoms with Gasteiger partial charge in [0.05, 0.1) is 31.7 Å². The van der Waals surface area contributed by atoms with Crippen molar-refractivity contribution >= 4 is 5.69 Å². The molecule has 0 saturated carbocycles. The predicted molar refractivity (Wildman–Crippen MR) is 68.1 cm³/mol. The van der Waals surface area contributed by atoms with E-state index in [0.29, 0.717) is 0 Å². The minimum absolute atomic E-state index is 0. The molecule has 19 heavy (non-hydrogen) atoms. The Labute approximate surface area is 119 Å². The zero-order valence-electron chi connectivity index (χ0n) is 11.4. The summed E-state index contributed by atoms with van der Waals surface area (Å²) in [5, 5.41) is 11.2. The number of halogens is 1. The van der Waals surface area contributed by atoms with E-state index in [1.54, 1.807) is 19.2 Å². The first-order chi connectivity index (χ1) is 8.56. The average Bonchev–Trinajstić information content (AvgIpc) is 2.36. The molecule has 0 spiro atoms. The molecule has 0 aromatic heterocycles. The maximum atomic E-state index is 11.2. The van der Waals surface area contributed by atoms with E-state index in [4.69, 9.17) is 4.74 Å². The van der Waals surface area contributed by atoms with Crippen molar-refractivity contribution in [2.24, 2.45) is 0 Å². The molecule has 1 aliphatic rings. The second-order valence-corrected chi connectivity index (χ2v) is 4.96. The largest absolute Gasteiger partial charge is 1.00 e. The topological polar surface area (TPSA) is 56.8 Å². The van der Waals surface area contributed by atoms with Crippen molar-refractivity contribution in [2.45, 2.75) is 25.3 Å². The Balaban J connectivity index is 0.00000180. The number of fused-ring (bicyclic) bond motifs is 1. The Morgan fingerprint density at radius 2 is 2.11 bits per heavy atom. The van der Waals surface area contributed by atoms with Crippen molar-refractivity contribution < 1.29 is 27.0 Å². The van der Waals surface area contributed by atoms with Crippen molar-refractivity contribution in [2.75, 3.05) is 21.2 Å². The number of rotatable bonds is 3. The molecule has 5 nitrogen and oxygen atoms in total. The molecule has 1 aromatic carbocycles. The zero-order valence-corrected chi connectivity index (χ0v) is 12.2. The number of hydrogen-bond acceptors (Lipinski definition) is 3. The van der Waals surface area contributed by atoms with Gasteiger partial charge in [0.1, 0.15) is 11.8 Å². The summed E-state index contributed by atoms with van der Waals surface area (Å²) in [4.78, 5) is 12.1. The monoisotopic (exact) mass is 286 g/mol. The second-order valence-electron chi connectivity index (χ2n) is 4.96. The summed E-state index contributed by atoms with van der Waals surface area (Å²) >= 11 is 0. The van der Waals surface area contributed by atoms with E-state index >= 15 is 0 Å². The second kappa shape index (κ2) is 6.21. The van der Waals surface area contributed by atoms with Gasteiger partial charge < -0.3 is 22.0 Å². The summed E-state index contributed by atoms with van der Waals surface area (Å²) in [5.41, 5.74) is 2.12. The van der Waals surface area contributed by atoms with E-state index < -0.39 is 0 Å². The summed E-state index contributed by atoms with van der Waals surface area (Å²) in [6, 6.07) is 3.47. The van der Waals surface area contributed by atoms with Crippen LogP contribution < -0.4 is 22.0 Å². The van der Waals surface area contributed by atoms with E-state index in [9.17, 15) is 10.1 Å². The lowest BCUT2D eigenvalue weighted by atomic mass is 9.85. The number of nitrogens with one attached hydrogen (secondary N) is 1. The van der Waals surface area contributed by atoms with E-state index in [1.807, 2.05) is 14.1 Å². The molecule has 1 N–H and O–H groups in total. The van der Waals surface area contributed by atoms with Crippen LogP contribution in [0.25, 0.3) is 0 Å². The number of ether oxygens (including phenoxy) is 1. The molecule has 0 aliphatic heterocycles. The normalized spacial score (nSPS) is 17.6. The minimum Gasteiger partial charge on any atom is -1.00 e. The van der Waals surface area contributed by atoms with Crippen LogP contribution in [-0.4, -0.2) is 26.1 Å². The van der Waals surface area contributed by atoms with Gasteiger partial charge in [-0.15, -0.1) is 0 Å². The Hall–Kier alpha value is -1.33. The molecule has 0 amide bonds. The van der Waals surface area contributed by atoms with Crippen LogP contribution in [0.5, 0.6) is 5.75 Å². The smallest absolute Gasteiger partial charge is 0.279 e. The molecule has 0 saturated heterocycles. The van der Waals surface area contributed by atoms with Crippen LogP contribution in [0.1, 0.15) is 30.0 Å². The first-order valence-electron chi connectivity index (χ1n) is 6.20. The number of benzene rings is 1. The predicted octanol–water partition coefficient (Wildman–Crippen LogP) is -1.87. The van der Waals surface area contributed by atoms with Gasteiger partial charge in [0.2, 0.25) is 0 Å². The third-order valence-electron chi connectivity index (χ3n) is 3.67. The van der Waals surface area contributed by atoms with Gasteiger partial charge in [-0.3, -0.25) is 10.1 Å². The van der Waals surface area contributed by atoms with Crippen LogP contribution in [0.2, 0.25) is 0 Å². The summed E-state index contributed by atoms with van der Waals surface area (Å²) < 4.78 is 5.34. The lowest BCUT2D eigenvalue weighted by Crippen LogP contribution is -3.06. The molecule has 106 valence electrons. The third kappa shape index (κ3) is 2.82. The van der Waals surface area contributed by atoms with Gasteiger partial charge in [0.25, 0.3) is 5.69 Å². The fourth-order valence-corrected chi connectivity index (χ4v) is 2.83. The van der Waals surface area contributed by atoms with Gasteiger partial charge >= 0.3 is 0 Å². The zero-order chi connectivity index (χ0) is 13.3. The van der Waals surface area contributed by atoms with Crippen molar-refractivity contribution in [1.82, 2.24) is 0 Å². The summed E-state index contributed by atoms with van der Waals surface area (Å²) in [5.74, 6) is 0.779. The van der Waals surface area contributed by atoms with Gasteiger partial charge in [0.15, 0.2) is 0 Å². The van der Waals surface area contributed by atoms with Crippen molar-refractivity contribution in [3.63, 3.8) is 0 Å². The van der Waals surface area contributed by atoms with Crippen LogP contribution >= 0.6 is 0 Å². The average molecular weight is 287 g/mol. The first kappa shape index (κ1) is 15.7. The van der Waals surface area contributed by atoms with E-state index in [-0.39, 0.29) is 29.1 Å². The molecule has 0 heterocycles. The lowest BCUT2D eigenvalue weighted by molar-refractivity contribution is -0.893. The maximum Gasteiger partial charge on any atom is 0.279 e. The van der Waals surface area contributed by atoms with Gasteiger partial charge in [-0.25, -0.2) is 0 Å². The van der Waals surface area contributed by atoms with Gasteiger partial charge in [-0.1, -0.05) is 0 Å². The molecule has 0 radical (unpaired) electrons. The lowest BCUT2D eigenvalue weighted by Gasteiger charge is -2.28. The highest BCUT2D eigenvalue weighted by Crippen LogP contribution is 2.39. The number of nitro groups is 1. The van der Waals surface area contributed by atoms with Gasteiger partial charge in [-0.2, -0.15) is 0 Å². The maximum absolute atomic E-state index is 11.2. The molecular formula is C13H19ClN2O3. The first-order valence-corrected chi connectivity index (χ1v) is 6.20. The molecular weight excluding hydrogens is 268 g/mol. The Morgan fingerprint density at radius 3 is 2.63 bits per heavy atom. The molecule has 1 unspecified atom stereocenters. The number of hydrogen-bond donors (Lipinski definition) is 1. The van der Waals surface area contributed by atoms with Crippen molar-refractivity contribution in [3.8, 4) is 5.75 Å². The van der Waals surface area contributed by atoms with Crippen LogP contribution in [0, 0.1) is 10.1 Å². The molecule has 1 aromatic rings. The fourth-order valence-electron chi connectivity index (χ4n) is 2.83. The van der Waals surface area contributed by atoms with E-state index in [2.05, 4.69) is 0 Å². The van der Waals surface area contributed by atoms with Gasteiger partial charge in [0, 0.05) is 18.1 Å². The number of nitro benzene ring substituents is 1. The molecule has 6 heteroatoms. The highest BCUT2D eigenvalue weighted by Gasteiger charge is 2.34. The van der Waals surface area contributed by atoms with Crippen LogP contribution in [0.15, 0.2) is 12.1 Å². The highest BCUT2D eigenvalue weighted by molar-refractivity contribution is 5.54. The number of nitrogens with zero attached hydrogens (tertiary/aromatic N) is 1. The Kier molecular flexibility index (Phi) is 5.14. The van der Waals surface area contributed by atoms with E-state index in [0.717, 1.165) is 36.1 Å². The Bertz CT molecular complexity index is 477. The van der Waals surface area contributed by atoms with Crippen LogP contribution in [-0.2, 0) is 6.42 Å². The molecule has 1 atom stereocenters. The molecule has 0 fully saturated rings. The number of quaternary nitrogens is 1. The molecule has 0 bridgehead atoms. The summed E-state index contributed by atoms with van der Waals surface area (Å²) in [6.45, 7) is 0. The quantitative estimate of drug-likeness (QED) is 0.523. The fraction of sp³-hybridized carbons (Fsp3) is 0.538. The van der Waals surface area contributed by atoms with Gasteiger partial charge in [-0.05, 0) is 18.9 Å². The van der Waals surface area contributed by atoms with Crippen LogP contribution in [0.4, 0.5) is 5.69 Å². The minimum atomic E-state index is -0.278. The third-order valence-corrected chi connectivity index (χ3v) is 3.67. The number of methoxy groups -OCH3 is 1. The van der Waals surface area contributed by atoms with Crippen molar-refractivity contribution in [1.29, 1.82) is 0 Å². The standard InChI is InChI=1S/C13H18N2O3.ClH/c1-14(2)10-6-4-5-9-12(18-3)8-7-11(13(9)10)15(16)17;/h7-8,10H,4-6H2,1-3H3;1H. The summed E-state index contributed by atoms with van der Waals surface area (Å²) in [6.07, 6.45) is 2.91. The van der Waals surface area contributed by atoms with Crippen LogP contribution in [0.3, 0.4) is 0 Å². The summed E-state index contributed by atoms with van der Waals surface area (Å²) in [7, 11) is 5.71. The SMILES string of the molecule is COc1ccc([N+](=O)[O-])c2c1CCCC2[NH+](C)C.[Cl-]. The molecule has 2 rings (SSSR count). The molecule has 1 aliphatic carbocycles. The highest BCUT2D eigenvalue weighted by atomic mass is 35.5. The Morgan fingerprint density at radius 1 is 1.42 bits per heavy atom. The van der Waals surface area contributed by atoms with Crippen molar-refractivity contribution in [3.05, 3.63) is 33.4 Å². The van der Waals surface area contributed by atoms with E-state index in [1.165, 1.54) is 4.90 Å².